The van der Waals surface area contributed by atoms with Gasteiger partial charge in [-0.05, 0) is 53.0 Å². The molecule has 0 heterocycles. The number of unbranched alkanes of at least 4 members (excludes halogenated alkanes) is 1. The third kappa shape index (κ3) is 4.50. The molecule has 2 unspecified atom stereocenters. The second-order valence-electron chi connectivity index (χ2n) is 4.97. The van der Waals surface area contributed by atoms with E-state index in [1.54, 1.807) is 7.11 Å². The first-order valence-electron chi connectivity index (χ1n) is 7.18. The Morgan fingerprint density at radius 1 is 1.32 bits per heavy atom. The lowest BCUT2D eigenvalue weighted by atomic mass is 9.87. The summed E-state index contributed by atoms with van der Waals surface area (Å²) < 4.78 is 6.32. The van der Waals surface area contributed by atoms with Crippen LogP contribution in [-0.4, -0.2) is 14.2 Å². The fourth-order valence-corrected chi connectivity index (χ4v) is 3.18. The van der Waals surface area contributed by atoms with Crippen molar-refractivity contribution < 1.29 is 4.74 Å². The first-order valence-corrected chi connectivity index (χ1v) is 7.97. The van der Waals surface area contributed by atoms with Crippen molar-refractivity contribution in [1.82, 2.24) is 5.32 Å². The summed E-state index contributed by atoms with van der Waals surface area (Å²) in [6, 6.07) is 6.79. The number of nitrogens with one attached hydrogen (secondary N) is 1. The Bertz CT molecular complexity index is 381. The summed E-state index contributed by atoms with van der Waals surface area (Å²) in [5.74, 6) is 1.57. The molecule has 0 aliphatic rings. The molecule has 0 aliphatic heterocycles. The highest BCUT2D eigenvalue weighted by Crippen LogP contribution is 2.33. The van der Waals surface area contributed by atoms with Crippen LogP contribution in [0.2, 0.25) is 0 Å². The fraction of sp³-hybridized carbons (Fsp3) is 0.625. The highest BCUT2D eigenvalue weighted by Gasteiger charge is 2.20. The van der Waals surface area contributed by atoms with E-state index in [2.05, 4.69) is 54.3 Å². The quantitative estimate of drug-likeness (QED) is 0.730. The summed E-state index contributed by atoms with van der Waals surface area (Å²) in [6.45, 7) is 4.54. The number of hydrogen-bond donors (Lipinski definition) is 1. The van der Waals surface area contributed by atoms with Crippen LogP contribution in [0.15, 0.2) is 22.7 Å². The van der Waals surface area contributed by atoms with Crippen molar-refractivity contribution in [1.29, 1.82) is 0 Å². The molecule has 2 atom stereocenters. The molecule has 0 fully saturated rings. The van der Waals surface area contributed by atoms with Crippen molar-refractivity contribution in [3.8, 4) is 5.75 Å². The van der Waals surface area contributed by atoms with E-state index in [0.717, 1.165) is 10.2 Å². The molecule has 1 aromatic rings. The van der Waals surface area contributed by atoms with Gasteiger partial charge in [-0.2, -0.15) is 0 Å². The van der Waals surface area contributed by atoms with Gasteiger partial charge in [0.25, 0.3) is 0 Å². The molecule has 19 heavy (non-hydrogen) atoms. The summed E-state index contributed by atoms with van der Waals surface area (Å²) in [5.41, 5.74) is 1.33. The molecule has 1 aromatic carbocycles. The van der Waals surface area contributed by atoms with Gasteiger partial charge in [-0.25, -0.2) is 0 Å². The average Bonchev–Trinajstić information content (AvgIpc) is 2.43. The van der Waals surface area contributed by atoms with Crippen LogP contribution >= 0.6 is 15.9 Å². The number of methoxy groups -OCH3 is 1. The molecule has 3 heteroatoms. The van der Waals surface area contributed by atoms with Gasteiger partial charge in [0.05, 0.1) is 11.6 Å². The maximum Gasteiger partial charge on any atom is 0.133 e. The standard InChI is InChI=1S/C16H26BrNO/c1-5-7-8-12(6-2)16(18-3)13-9-10-15(19-4)14(17)11-13/h9-12,16,18H,5-8H2,1-4H3. The van der Waals surface area contributed by atoms with Crippen LogP contribution < -0.4 is 10.1 Å². The van der Waals surface area contributed by atoms with Gasteiger partial charge in [0.2, 0.25) is 0 Å². The number of benzene rings is 1. The minimum Gasteiger partial charge on any atom is -0.496 e. The largest absolute Gasteiger partial charge is 0.496 e. The molecule has 0 aliphatic carbocycles. The lowest BCUT2D eigenvalue weighted by Gasteiger charge is -2.27. The van der Waals surface area contributed by atoms with Crippen LogP contribution in [0.4, 0.5) is 0 Å². The van der Waals surface area contributed by atoms with Gasteiger partial charge in [-0.15, -0.1) is 0 Å². The summed E-state index contributed by atoms with van der Waals surface area (Å²) in [6.07, 6.45) is 5.05. The van der Waals surface area contributed by atoms with E-state index in [4.69, 9.17) is 4.74 Å². The predicted molar refractivity (Wildman–Crippen MR) is 85.8 cm³/mol. The minimum atomic E-state index is 0.416. The minimum absolute atomic E-state index is 0.416. The van der Waals surface area contributed by atoms with E-state index in [1.165, 1.54) is 31.2 Å². The lowest BCUT2D eigenvalue weighted by Crippen LogP contribution is -2.25. The number of ether oxygens (including phenoxy) is 1. The normalized spacial score (nSPS) is 14.2. The maximum absolute atomic E-state index is 5.30. The van der Waals surface area contributed by atoms with Crippen molar-refractivity contribution in [2.24, 2.45) is 5.92 Å². The van der Waals surface area contributed by atoms with Gasteiger partial charge in [0.15, 0.2) is 0 Å². The first kappa shape index (κ1) is 16.5. The Hall–Kier alpha value is -0.540. The topological polar surface area (TPSA) is 21.3 Å². The number of halogens is 1. The van der Waals surface area contributed by atoms with Crippen molar-refractivity contribution in [2.75, 3.05) is 14.2 Å². The van der Waals surface area contributed by atoms with Gasteiger partial charge >= 0.3 is 0 Å². The second kappa shape index (κ2) is 8.60. The van der Waals surface area contributed by atoms with E-state index in [-0.39, 0.29) is 0 Å². The van der Waals surface area contributed by atoms with E-state index >= 15 is 0 Å². The molecule has 108 valence electrons. The van der Waals surface area contributed by atoms with Crippen molar-refractivity contribution >= 4 is 15.9 Å². The van der Waals surface area contributed by atoms with Crippen LogP contribution in [0, 0.1) is 5.92 Å². The second-order valence-corrected chi connectivity index (χ2v) is 5.83. The molecule has 1 rings (SSSR count). The van der Waals surface area contributed by atoms with Gasteiger partial charge in [-0.3, -0.25) is 0 Å². The summed E-state index contributed by atoms with van der Waals surface area (Å²) in [7, 11) is 3.75. The van der Waals surface area contributed by atoms with E-state index < -0.39 is 0 Å². The molecule has 0 bridgehead atoms. The number of rotatable bonds is 8. The molecule has 0 spiro atoms. The Morgan fingerprint density at radius 3 is 2.53 bits per heavy atom. The molecule has 0 saturated carbocycles. The average molecular weight is 328 g/mol. The predicted octanol–water partition coefficient (Wildman–Crippen LogP) is 4.93. The van der Waals surface area contributed by atoms with Crippen molar-refractivity contribution in [3.05, 3.63) is 28.2 Å². The Balaban J connectivity index is 2.91. The zero-order valence-corrected chi connectivity index (χ0v) is 14.1. The van der Waals surface area contributed by atoms with Gasteiger partial charge in [0.1, 0.15) is 5.75 Å². The van der Waals surface area contributed by atoms with E-state index in [0.29, 0.717) is 12.0 Å². The highest BCUT2D eigenvalue weighted by atomic mass is 79.9. The molecule has 1 N–H and O–H groups in total. The molecule has 0 amide bonds. The number of hydrogen-bond acceptors (Lipinski definition) is 2. The monoisotopic (exact) mass is 327 g/mol. The van der Waals surface area contributed by atoms with Crippen LogP contribution in [-0.2, 0) is 0 Å². The molecule has 0 radical (unpaired) electrons. The van der Waals surface area contributed by atoms with Gasteiger partial charge in [0, 0.05) is 6.04 Å². The molecular weight excluding hydrogens is 302 g/mol. The van der Waals surface area contributed by atoms with Crippen LogP contribution in [0.3, 0.4) is 0 Å². The van der Waals surface area contributed by atoms with E-state index in [9.17, 15) is 0 Å². The summed E-state index contributed by atoms with van der Waals surface area (Å²) in [5, 5.41) is 3.48. The first-order chi connectivity index (χ1) is 9.17. The zero-order valence-electron chi connectivity index (χ0n) is 12.5. The van der Waals surface area contributed by atoms with Crippen LogP contribution in [0.25, 0.3) is 0 Å². The lowest BCUT2D eigenvalue weighted by molar-refractivity contribution is 0.338. The molecule has 0 aromatic heterocycles. The van der Waals surface area contributed by atoms with Gasteiger partial charge < -0.3 is 10.1 Å². The maximum atomic E-state index is 5.30. The highest BCUT2D eigenvalue weighted by molar-refractivity contribution is 9.10. The Kier molecular flexibility index (Phi) is 7.47. The summed E-state index contributed by atoms with van der Waals surface area (Å²) in [4.78, 5) is 0. The molecule has 0 saturated heterocycles. The Morgan fingerprint density at radius 2 is 2.05 bits per heavy atom. The third-order valence-electron chi connectivity index (χ3n) is 3.77. The summed E-state index contributed by atoms with van der Waals surface area (Å²) >= 11 is 3.58. The van der Waals surface area contributed by atoms with Crippen molar-refractivity contribution in [2.45, 2.75) is 45.6 Å². The smallest absolute Gasteiger partial charge is 0.133 e. The van der Waals surface area contributed by atoms with Gasteiger partial charge in [-0.1, -0.05) is 39.2 Å². The van der Waals surface area contributed by atoms with Crippen LogP contribution in [0.1, 0.15) is 51.1 Å². The van der Waals surface area contributed by atoms with Crippen molar-refractivity contribution in [3.63, 3.8) is 0 Å². The fourth-order valence-electron chi connectivity index (χ4n) is 2.62. The van der Waals surface area contributed by atoms with E-state index in [1.807, 2.05) is 6.07 Å². The van der Waals surface area contributed by atoms with Crippen LogP contribution in [0.5, 0.6) is 5.75 Å². The SMILES string of the molecule is CCCCC(CC)C(NC)c1ccc(OC)c(Br)c1. The molecule has 2 nitrogen and oxygen atoms in total. The Labute approximate surface area is 126 Å². The third-order valence-corrected chi connectivity index (χ3v) is 4.39. The molecular formula is C16H26BrNO. The zero-order chi connectivity index (χ0) is 14.3.